The zero-order chi connectivity index (χ0) is 17.6. The van der Waals surface area contributed by atoms with E-state index in [1.807, 2.05) is 27.1 Å². The summed E-state index contributed by atoms with van der Waals surface area (Å²) >= 11 is 0. The summed E-state index contributed by atoms with van der Waals surface area (Å²) in [4.78, 5) is 6.73. The van der Waals surface area contributed by atoms with Gasteiger partial charge in [0.1, 0.15) is 0 Å². The van der Waals surface area contributed by atoms with Crippen LogP contribution < -0.4 is 10.6 Å². The molecule has 1 aromatic rings. The van der Waals surface area contributed by atoms with Gasteiger partial charge in [0.15, 0.2) is 15.8 Å². The van der Waals surface area contributed by atoms with Gasteiger partial charge in [-0.05, 0) is 38.6 Å². The molecule has 24 heavy (non-hydrogen) atoms. The van der Waals surface area contributed by atoms with Crippen molar-refractivity contribution >= 4 is 15.8 Å². The first-order valence-electron chi connectivity index (χ1n) is 8.36. The molecule has 2 rings (SSSR count). The number of nitrogens with one attached hydrogen (secondary N) is 2. The standard InChI is InChI=1S/C17H28N4O2S/c1-4-18-17(20-16-8-9-24(22,23)13-16)19-11-14-6-5-7-15(10-14)12-21(2)3/h5-7,10,16H,4,8-9,11-13H2,1-3H3,(H2,18,19,20). The molecule has 0 radical (unpaired) electrons. The van der Waals surface area contributed by atoms with Gasteiger partial charge in [-0.1, -0.05) is 24.3 Å². The summed E-state index contributed by atoms with van der Waals surface area (Å²) in [7, 11) is 1.21. The summed E-state index contributed by atoms with van der Waals surface area (Å²) in [6, 6.07) is 8.33. The molecular weight excluding hydrogens is 324 g/mol. The van der Waals surface area contributed by atoms with Crippen molar-refractivity contribution in [2.45, 2.75) is 32.5 Å². The predicted molar refractivity (Wildman–Crippen MR) is 98.8 cm³/mol. The Morgan fingerprint density at radius 2 is 2.08 bits per heavy atom. The van der Waals surface area contributed by atoms with E-state index in [0.29, 0.717) is 18.9 Å². The Balaban J connectivity index is 2.00. The third-order valence-corrected chi connectivity index (χ3v) is 5.60. The van der Waals surface area contributed by atoms with E-state index in [9.17, 15) is 8.42 Å². The van der Waals surface area contributed by atoms with Crippen molar-refractivity contribution in [2.24, 2.45) is 4.99 Å². The lowest BCUT2D eigenvalue weighted by Crippen LogP contribution is -2.44. The molecule has 0 saturated carbocycles. The van der Waals surface area contributed by atoms with Crippen LogP contribution in [0.1, 0.15) is 24.5 Å². The van der Waals surface area contributed by atoms with Crippen molar-refractivity contribution in [3.05, 3.63) is 35.4 Å². The van der Waals surface area contributed by atoms with Gasteiger partial charge in [-0.3, -0.25) is 0 Å². The fraction of sp³-hybridized carbons (Fsp3) is 0.588. The molecule has 1 saturated heterocycles. The number of guanidine groups is 1. The Morgan fingerprint density at radius 1 is 1.33 bits per heavy atom. The third-order valence-electron chi connectivity index (χ3n) is 3.83. The lowest BCUT2D eigenvalue weighted by atomic mass is 10.1. The van der Waals surface area contributed by atoms with E-state index in [0.717, 1.165) is 18.7 Å². The van der Waals surface area contributed by atoms with E-state index < -0.39 is 9.84 Å². The molecule has 1 atom stereocenters. The molecule has 0 aromatic heterocycles. The number of benzene rings is 1. The minimum atomic E-state index is -2.89. The molecular formula is C17H28N4O2S. The van der Waals surface area contributed by atoms with E-state index >= 15 is 0 Å². The molecule has 1 aliphatic rings. The molecule has 1 aliphatic heterocycles. The minimum Gasteiger partial charge on any atom is -0.357 e. The van der Waals surface area contributed by atoms with E-state index in [1.54, 1.807) is 0 Å². The molecule has 6 nitrogen and oxygen atoms in total. The molecule has 1 heterocycles. The number of hydrogen-bond acceptors (Lipinski definition) is 4. The van der Waals surface area contributed by atoms with Gasteiger partial charge in [-0.25, -0.2) is 13.4 Å². The van der Waals surface area contributed by atoms with Crippen molar-refractivity contribution in [1.82, 2.24) is 15.5 Å². The van der Waals surface area contributed by atoms with Crippen molar-refractivity contribution in [3.8, 4) is 0 Å². The highest BCUT2D eigenvalue weighted by Gasteiger charge is 2.28. The second-order valence-electron chi connectivity index (χ2n) is 6.50. The van der Waals surface area contributed by atoms with Gasteiger partial charge >= 0.3 is 0 Å². The summed E-state index contributed by atoms with van der Waals surface area (Å²) in [5.41, 5.74) is 2.40. The van der Waals surface area contributed by atoms with Crippen LogP contribution in [-0.2, 0) is 22.9 Å². The molecule has 134 valence electrons. The van der Waals surface area contributed by atoms with E-state index in [-0.39, 0.29) is 17.5 Å². The number of nitrogens with zero attached hydrogens (tertiary/aromatic N) is 2. The summed E-state index contributed by atoms with van der Waals surface area (Å²) in [5, 5.41) is 6.43. The lowest BCUT2D eigenvalue weighted by molar-refractivity contribution is 0.402. The number of sulfone groups is 1. The van der Waals surface area contributed by atoms with Gasteiger partial charge in [0.25, 0.3) is 0 Å². The van der Waals surface area contributed by atoms with Crippen LogP contribution in [0.2, 0.25) is 0 Å². The molecule has 0 spiro atoms. The molecule has 7 heteroatoms. The Morgan fingerprint density at radius 3 is 2.71 bits per heavy atom. The van der Waals surface area contributed by atoms with Crippen LogP contribution in [0, 0.1) is 0 Å². The maximum Gasteiger partial charge on any atom is 0.191 e. The van der Waals surface area contributed by atoms with Crippen molar-refractivity contribution in [3.63, 3.8) is 0 Å². The van der Waals surface area contributed by atoms with E-state index in [4.69, 9.17) is 0 Å². The third kappa shape index (κ3) is 6.13. The van der Waals surface area contributed by atoms with Crippen LogP contribution in [0.25, 0.3) is 0 Å². The molecule has 0 aliphatic carbocycles. The summed E-state index contributed by atoms with van der Waals surface area (Å²) in [6.45, 7) is 4.21. The normalized spacial score (nSPS) is 20.3. The zero-order valence-electron chi connectivity index (χ0n) is 14.7. The van der Waals surface area contributed by atoms with Gasteiger partial charge in [0.05, 0.1) is 18.1 Å². The van der Waals surface area contributed by atoms with Crippen molar-refractivity contribution in [1.29, 1.82) is 0 Å². The Labute approximate surface area is 145 Å². The highest BCUT2D eigenvalue weighted by Crippen LogP contribution is 2.11. The van der Waals surface area contributed by atoms with Gasteiger partial charge in [0.2, 0.25) is 0 Å². The fourth-order valence-corrected chi connectivity index (χ4v) is 4.46. The Kier molecular flexibility index (Phi) is 6.62. The highest BCUT2D eigenvalue weighted by molar-refractivity contribution is 7.91. The van der Waals surface area contributed by atoms with Gasteiger partial charge in [-0.2, -0.15) is 0 Å². The zero-order valence-corrected chi connectivity index (χ0v) is 15.6. The largest absolute Gasteiger partial charge is 0.357 e. The first-order chi connectivity index (χ1) is 11.4. The smallest absolute Gasteiger partial charge is 0.191 e. The predicted octanol–water partition coefficient (Wildman–Crippen LogP) is 0.990. The quantitative estimate of drug-likeness (QED) is 0.590. The Hall–Kier alpha value is -1.60. The van der Waals surface area contributed by atoms with Crippen molar-refractivity contribution in [2.75, 3.05) is 32.1 Å². The number of rotatable bonds is 6. The second kappa shape index (κ2) is 8.48. The van der Waals surface area contributed by atoms with E-state index in [2.05, 4.69) is 38.7 Å². The van der Waals surface area contributed by atoms with Crippen LogP contribution in [0.3, 0.4) is 0 Å². The highest BCUT2D eigenvalue weighted by atomic mass is 32.2. The Bertz CT molecular complexity index is 671. The minimum absolute atomic E-state index is 0.0483. The average molecular weight is 353 g/mol. The maximum absolute atomic E-state index is 11.6. The molecule has 0 bridgehead atoms. The summed E-state index contributed by atoms with van der Waals surface area (Å²) in [6.07, 6.45) is 0.644. The average Bonchev–Trinajstić information content (AvgIpc) is 2.84. The lowest BCUT2D eigenvalue weighted by Gasteiger charge is -2.16. The molecule has 0 amide bonds. The van der Waals surface area contributed by atoms with Crippen molar-refractivity contribution < 1.29 is 8.42 Å². The molecule has 1 aromatic carbocycles. The second-order valence-corrected chi connectivity index (χ2v) is 8.73. The van der Waals surface area contributed by atoms with Crippen LogP contribution in [0.4, 0.5) is 0 Å². The van der Waals surface area contributed by atoms with Crippen LogP contribution in [0.15, 0.2) is 29.3 Å². The monoisotopic (exact) mass is 352 g/mol. The topological polar surface area (TPSA) is 73.8 Å². The van der Waals surface area contributed by atoms with Crippen LogP contribution in [0.5, 0.6) is 0 Å². The van der Waals surface area contributed by atoms with Gasteiger partial charge in [-0.15, -0.1) is 0 Å². The van der Waals surface area contributed by atoms with Crippen LogP contribution in [-0.4, -0.2) is 57.5 Å². The summed E-state index contributed by atoms with van der Waals surface area (Å²) in [5.74, 6) is 1.13. The van der Waals surface area contributed by atoms with E-state index in [1.165, 1.54) is 5.56 Å². The SMILES string of the molecule is CCNC(=NCc1cccc(CN(C)C)c1)NC1CCS(=O)(=O)C1. The number of aliphatic imine (C=N–C) groups is 1. The van der Waals surface area contributed by atoms with Crippen LogP contribution >= 0.6 is 0 Å². The van der Waals surface area contributed by atoms with Gasteiger partial charge in [0, 0.05) is 19.1 Å². The first-order valence-corrected chi connectivity index (χ1v) is 10.2. The summed E-state index contributed by atoms with van der Waals surface area (Å²) < 4.78 is 23.2. The van der Waals surface area contributed by atoms with Gasteiger partial charge < -0.3 is 15.5 Å². The maximum atomic E-state index is 11.6. The number of hydrogen-bond donors (Lipinski definition) is 2. The first kappa shape index (κ1) is 18.7. The fourth-order valence-electron chi connectivity index (χ4n) is 2.78. The molecule has 2 N–H and O–H groups in total. The molecule has 1 fully saturated rings. The molecule has 1 unspecified atom stereocenters.